The second kappa shape index (κ2) is 36.1. The summed E-state index contributed by atoms with van der Waals surface area (Å²) in [4.78, 5) is 13.4. The molecule has 19 nitrogen and oxygen atoms in total. The molecule has 4 rings (SSSR count). The normalized spacial score (nSPS) is 24.3. The highest BCUT2D eigenvalue weighted by atomic mass is 16.8. The molecule has 6 unspecified atom stereocenters. The summed E-state index contributed by atoms with van der Waals surface area (Å²) in [5, 5.41) is 73.9. The van der Waals surface area contributed by atoms with E-state index in [4.69, 9.17) is 42.6 Å². The summed E-state index contributed by atoms with van der Waals surface area (Å²) < 4.78 is 54.8. The van der Waals surface area contributed by atoms with Crippen LogP contribution in [0.25, 0.3) is 0 Å². The molecule has 2 fully saturated rings. The Bertz CT molecular complexity index is 1720. The Balaban J connectivity index is 1.31. The highest BCUT2D eigenvalue weighted by Gasteiger charge is 2.50. The molecule has 3 heterocycles. The highest BCUT2D eigenvalue weighted by molar-refractivity contribution is 5.90. The number of rotatable bonds is 41. The molecule has 1 aromatic heterocycles. The molecule has 1 aromatic carbocycles. The van der Waals surface area contributed by atoms with Gasteiger partial charge >= 0.3 is 5.97 Å². The van der Waals surface area contributed by atoms with Gasteiger partial charge in [-0.2, -0.15) is 0 Å². The lowest BCUT2D eigenvalue weighted by atomic mass is 9.94. The van der Waals surface area contributed by atoms with Gasteiger partial charge in [-0.05, 0) is 37.8 Å². The molecule has 2 aliphatic rings. The van der Waals surface area contributed by atoms with E-state index in [1.807, 2.05) is 0 Å². The van der Waals surface area contributed by atoms with Gasteiger partial charge in [0.05, 0.1) is 57.9 Å². The fraction of sp³-hybridized carbons (Fsp3) is 0.836. The molecule has 0 spiro atoms. The number of nitrogens with zero attached hydrogens (tertiary/aromatic N) is 3. The molecule has 2 aliphatic heterocycles. The van der Waals surface area contributed by atoms with Gasteiger partial charge in [0.1, 0.15) is 72.6 Å². The molecule has 0 radical (unpaired) electrons. The van der Waals surface area contributed by atoms with Crippen molar-refractivity contribution in [3.8, 4) is 11.5 Å². The molecule has 10 atom stereocenters. The molecule has 0 amide bonds. The summed E-state index contributed by atoms with van der Waals surface area (Å²) in [5.74, 6) is 0.0633. The molecule has 0 aliphatic carbocycles. The van der Waals surface area contributed by atoms with E-state index < -0.39 is 79.4 Å². The Morgan fingerprint density at radius 1 is 0.568 bits per heavy atom. The van der Waals surface area contributed by atoms with Crippen LogP contribution >= 0.6 is 0 Å². The number of aromatic nitrogens is 3. The third kappa shape index (κ3) is 22.9. The molecule has 0 saturated carbocycles. The second-order valence-electron chi connectivity index (χ2n) is 20.7. The van der Waals surface area contributed by atoms with Crippen molar-refractivity contribution in [2.75, 3.05) is 52.9 Å². The average molecular weight is 1050 g/mol. The number of carbonyl (C=O) groups excluding carboxylic acids is 1. The van der Waals surface area contributed by atoms with Crippen molar-refractivity contribution in [2.24, 2.45) is 5.41 Å². The van der Waals surface area contributed by atoms with E-state index in [9.17, 15) is 35.4 Å². The summed E-state index contributed by atoms with van der Waals surface area (Å²) in [7, 11) is 0. The number of esters is 1. The molecular formula is C55H95N3O16. The molecule has 74 heavy (non-hydrogen) atoms. The van der Waals surface area contributed by atoms with Crippen LogP contribution in [0, 0.1) is 5.41 Å². The fourth-order valence-corrected chi connectivity index (χ4v) is 8.83. The minimum atomic E-state index is -1.86. The van der Waals surface area contributed by atoms with Gasteiger partial charge < -0.3 is 73.3 Å². The summed E-state index contributed by atoms with van der Waals surface area (Å²) >= 11 is 0. The van der Waals surface area contributed by atoms with Crippen LogP contribution in [0.15, 0.2) is 24.4 Å². The molecule has 2 aromatic rings. The van der Waals surface area contributed by atoms with Crippen LogP contribution in [-0.2, 0) is 46.3 Å². The summed E-state index contributed by atoms with van der Waals surface area (Å²) in [6.07, 6.45) is 7.47. The predicted octanol–water partition coefficient (Wildman–Crippen LogP) is 6.96. The van der Waals surface area contributed by atoms with E-state index >= 15 is 0 Å². The zero-order valence-electron chi connectivity index (χ0n) is 45.4. The molecule has 19 heteroatoms. The van der Waals surface area contributed by atoms with E-state index in [-0.39, 0.29) is 18.7 Å². The van der Waals surface area contributed by atoms with Crippen LogP contribution in [0.5, 0.6) is 11.5 Å². The number of benzene rings is 1. The molecule has 426 valence electrons. The Morgan fingerprint density at radius 2 is 1.01 bits per heavy atom. The zero-order chi connectivity index (χ0) is 53.6. The number of hydrogen-bond acceptors (Lipinski definition) is 18. The van der Waals surface area contributed by atoms with Crippen molar-refractivity contribution in [2.45, 2.75) is 238 Å². The summed E-state index contributed by atoms with van der Waals surface area (Å²) in [5.41, 5.74) is 0.219. The zero-order valence-corrected chi connectivity index (χ0v) is 45.4. The lowest BCUT2D eigenvalue weighted by molar-refractivity contribution is -0.375. The van der Waals surface area contributed by atoms with E-state index in [0.29, 0.717) is 63.4 Å². The van der Waals surface area contributed by atoms with Crippen LogP contribution in [-0.4, -0.2) is 166 Å². The van der Waals surface area contributed by atoms with Crippen molar-refractivity contribution in [1.29, 1.82) is 0 Å². The van der Waals surface area contributed by atoms with Gasteiger partial charge in [-0.3, -0.25) is 0 Å². The van der Waals surface area contributed by atoms with E-state index in [2.05, 4.69) is 44.9 Å². The summed E-state index contributed by atoms with van der Waals surface area (Å²) in [6, 6.07) is 4.77. The van der Waals surface area contributed by atoms with Gasteiger partial charge in [0.2, 0.25) is 0 Å². The monoisotopic (exact) mass is 1050 g/mol. The topological polar surface area (TPSA) is 252 Å². The first kappa shape index (κ1) is 63.5. The van der Waals surface area contributed by atoms with Crippen LogP contribution < -0.4 is 9.47 Å². The Kier molecular flexibility index (Phi) is 31.0. The first-order chi connectivity index (χ1) is 35.8. The van der Waals surface area contributed by atoms with Crippen LogP contribution in [0.4, 0.5) is 0 Å². The predicted molar refractivity (Wildman–Crippen MR) is 277 cm³/mol. The second-order valence-corrected chi connectivity index (χ2v) is 20.7. The smallest absolute Gasteiger partial charge is 0.338 e. The van der Waals surface area contributed by atoms with Gasteiger partial charge in [0.15, 0.2) is 12.6 Å². The molecule has 2 saturated heterocycles. The van der Waals surface area contributed by atoms with Gasteiger partial charge in [-0.1, -0.05) is 143 Å². The Labute approximate surface area is 440 Å². The van der Waals surface area contributed by atoms with Gasteiger partial charge in [0, 0.05) is 24.7 Å². The Morgan fingerprint density at radius 3 is 1.54 bits per heavy atom. The maximum atomic E-state index is 13.4. The number of aliphatic hydroxyl groups excluding tert-OH is 6. The van der Waals surface area contributed by atoms with Crippen LogP contribution in [0.3, 0.4) is 0 Å². The van der Waals surface area contributed by atoms with Crippen molar-refractivity contribution in [3.05, 3.63) is 35.7 Å². The van der Waals surface area contributed by atoms with Crippen molar-refractivity contribution in [3.63, 3.8) is 0 Å². The quantitative estimate of drug-likeness (QED) is 0.0291. The number of unbranched alkanes of at least 4 members (excludes halogenated alkanes) is 16. The third-order valence-corrected chi connectivity index (χ3v) is 13.5. The van der Waals surface area contributed by atoms with E-state index in [1.54, 1.807) is 12.3 Å². The minimum Gasteiger partial charge on any atom is -0.493 e. The number of ether oxygens (including phenoxy) is 9. The van der Waals surface area contributed by atoms with Gasteiger partial charge in [-0.25, -0.2) is 9.48 Å². The minimum absolute atomic E-state index is 0.124. The van der Waals surface area contributed by atoms with Crippen molar-refractivity contribution >= 4 is 5.97 Å². The van der Waals surface area contributed by atoms with E-state index in [1.165, 1.54) is 81.0 Å². The SMILES string of the molecule is CCCCCCCCCOCC(C)(COCCCCCCCCC)COCc1cn(C[C@H]2O[C@H](O[C@@H]3OC(COC(=O)c4cc(OCCCCC)cc(OCCCCC)c4)[C@@H](O)C(O)C3O)C(O)C(O)C2O)nn1. The number of hydrogen-bond donors (Lipinski definition) is 6. The first-order valence-corrected chi connectivity index (χ1v) is 28.1. The fourth-order valence-electron chi connectivity index (χ4n) is 8.83. The standard InChI is InChI=1S/C55H95N3O16/c1-6-10-14-16-18-20-24-26-66-37-55(5,38-67-27-25-21-19-17-15-11-7-2)39-68-35-41-33-58(57-56-41)34-44-46(59)48(61)50(63)53(72-44)74-54-51(64)49(62)47(60)45(73-54)36-71-52(65)40-30-42(69-28-22-12-8-3)32-43(31-40)70-29-23-13-9-4/h30-33,44-51,53-54,59-64H,6-29,34-39H2,1-5H3/t44-,45?,46?,47-,48?,49?,50?,51?,53-,54+/m1/s1. The van der Waals surface area contributed by atoms with Crippen molar-refractivity contribution < 1.29 is 78.1 Å². The average Bonchev–Trinajstić information content (AvgIpc) is 3.84. The molecular weight excluding hydrogens is 959 g/mol. The maximum Gasteiger partial charge on any atom is 0.338 e. The third-order valence-electron chi connectivity index (χ3n) is 13.5. The highest BCUT2D eigenvalue weighted by Crippen LogP contribution is 2.30. The lowest BCUT2D eigenvalue weighted by Crippen LogP contribution is -2.63. The lowest BCUT2D eigenvalue weighted by Gasteiger charge is -2.44. The van der Waals surface area contributed by atoms with Gasteiger partial charge in [-0.15, -0.1) is 5.10 Å². The first-order valence-electron chi connectivity index (χ1n) is 28.1. The molecule has 6 N–H and O–H groups in total. The number of carbonyl (C=O) groups is 1. The van der Waals surface area contributed by atoms with E-state index in [0.717, 1.165) is 64.2 Å². The van der Waals surface area contributed by atoms with Crippen LogP contribution in [0.1, 0.15) is 179 Å². The maximum absolute atomic E-state index is 13.4. The Hall–Kier alpha value is -3.05. The largest absolute Gasteiger partial charge is 0.493 e. The van der Waals surface area contributed by atoms with Crippen LogP contribution in [0.2, 0.25) is 0 Å². The number of aliphatic hydroxyl groups is 6. The van der Waals surface area contributed by atoms with Gasteiger partial charge in [0.25, 0.3) is 0 Å². The molecule has 0 bridgehead atoms. The van der Waals surface area contributed by atoms with Crippen molar-refractivity contribution in [1.82, 2.24) is 15.0 Å². The summed E-state index contributed by atoms with van der Waals surface area (Å²) in [6.45, 7) is 13.7.